The fraction of sp³-hybridized carbons (Fsp3) is 0.0667. The first-order valence-electron chi connectivity index (χ1n) is 6.83. The highest BCUT2D eigenvalue weighted by atomic mass is 35.5. The second-order valence-corrected chi connectivity index (χ2v) is 7.07. The second-order valence-electron chi connectivity index (χ2n) is 5.01. The Hall–Kier alpha value is -2.58. The lowest BCUT2D eigenvalue weighted by Gasteiger charge is -2.10. The van der Waals surface area contributed by atoms with Crippen LogP contribution >= 0.6 is 11.6 Å². The van der Waals surface area contributed by atoms with Gasteiger partial charge in [0.25, 0.3) is 10.0 Å². The molecule has 2 aromatic carbocycles. The summed E-state index contributed by atoms with van der Waals surface area (Å²) in [6.07, 6.45) is 1.55. The zero-order chi connectivity index (χ0) is 17.3. The van der Waals surface area contributed by atoms with Crippen molar-refractivity contribution in [1.29, 1.82) is 0 Å². The summed E-state index contributed by atoms with van der Waals surface area (Å²) in [6.45, 7) is 0. The second kappa shape index (κ2) is 6.14. The zero-order valence-electron chi connectivity index (χ0n) is 12.5. The van der Waals surface area contributed by atoms with Crippen molar-refractivity contribution in [1.82, 2.24) is 14.8 Å². The highest BCUT2D eigenvalue weighted by Crippen LogP contribution is 2.32. The minimum atomic E-state index is -3.99. The lowest BCUT2D eigenvalue weighted by atomic mass is 10.2. The Morgan fingerprint density at radius 2 is 1.96 bits per heavy atom. The van der Waals surface area contributed by atoms with Gasteiger partial charge in [-0.2, -0.15) is 5.10 Å². The van der Waals surface area contributed by atoms with E-state index in [0.29, 0.717) is 17.1 Å². The van der Waals surface area contributed by atoms with Gasteiger partial charge in [0.2, 0.25) is 0 Å². The first-order valence-corrected chi connectivity index (χ1v) is 8.69. The summed E-state index contributed by atoms with van der Waals surface area (Å²) >= 11 is 5.77. The molecule has 9 heteroatoms. The molecular formula is C15H13ClN4O3S. The van der Waals surface area contributed by atoms with Gasteiger partial charge in [0, 0.05) is 18.3 Å². The molecule has 0 aliphatic rings. The van der Waals surface area contributed by atoms with Gasteiger partial charge in [-0.15, -0.1) is 0 Å². The van der Waals surface area contributed by atoms with Crippen LogP contribution in [-0.2, 0) is 17.1 Å². The standard InChI is InChI=1S/C15H13ClN4O3S/c1-20-9-17-15(18-20)10-4-2-5-11(8-10)19-24(22,23)13-7-3-6-12(16)14(13)21/h2-9,19,21H,1H3. The average Bonchev–Trinajstić information content (AvgIpc) is 2.96. The highest BCUT2D eigenvalue weighted by molar-refractivity contribution is 7.92. The maximum absolute atomic E-state index is 12.5. The van der Waals surface area contributed by atoms with Crippen molar-refractivity contribution in [3.63, 3.8) is 0 Å². The van der Waals surface area contributed by atoms with E-state index in [-0.39, 0.29) is 9.92 Å². The van der Waals surface area contributed by atoms with Crippen molar-refractivity contribution < 1.29 is 13.5 Å². The zero-order valence-corrected chi connectivity index (χ0v) is 14.1. The van der Waals surface area contributed by atoms with Crippen LogP contribution in [0.4, 0.5) is 5.69 Å². The monoisotopic (exact) mass is 364 g/mol. The topological polar surface area (TPSA) is 97.1 Å². The van der Waals surface area contributed by atoms with Gasteiger partial charge in [0.1, 0.15) is 11.2 Å². The van der Waals surface area contributed by atoms with Crippen LogP contribution in [0.2, 0.25) is 5.02 Å². The quantitative estimate of drug-likeness (QED) is 0.741. The number of aromatic nitrogens is 3. The van der Waals surface area contributed by atoms with Crippen molar-refractivity contribution in [3.05, 3.63) is 53.8 Å². The van der Waals surface area contributed by atoms with Gasteiger partial charge in [-0.25, -0.2) is 13.4 Å². The molecule has 0 unspecified atom stereocenters. The Labute approximate surface area is 143 Å². The van der Waals surface area contributed by atoms with Crippen LogP contribution in [0.5, 0.6) is 5.75 Å². The molecule has 0 radical (unpaired) electrons. The number of hydrogen-bond acceptors (Lipinski definition) is 5. The molecule has 124 valence electrons. The third-order valence-corrected chi connectivity index (χ3v) is 4.93. The number of phenols is 1. The summed E-state index contributed by atoms with van der Waals surface area (Å²) in [6, 6.07) is 10.8. The predicted molar refractivity (Wildman–Crippen MR) is 90.4 cm³/mol. The number of nitrogens with zero attached hydrogens (tertiary/aromatic N) is 3. The largest absolute Gasteiger partial charge is 0.505 e. The first-order chi connectivity index (χ1) is 11.4. The molecule has 0 fully saturated rings. The van der Waals surface area contributed by atoms with Gasteiger partial charge in [0.15, 0.2) is 11.6 Å². The Bertz CT molecular complexity index is 1000. The molecule has 0 atom stereocenters. The van der Waals surface area contributed by atoms with Crippen LogP contribution in [0.25, 0.3) is 11.4 Å². The Kier molecular flexibility index (Phi) is 4.16. The number of aryl methyl sites for hydroxylation is 1. The Balaban J connectivity index is 1.95. The molecule has 0 bridgehead atoms. The third kappa shape index (κ3) is 3.19. The Morgan fingerprint density at radius 3 is 2.67 bits per heavy atom. The first kappa shape index (κ1) is 16.3. The summed E-state index contributed by atoms with van der Waals surface area (Å²) in [5.41, 5.74) is 0.977. The molecule has 0 saturated carbocycles. The summed E-state index contributed by atoms with van der Waals surface area (Å²) in [7, 11) is -2.25. The number of para-hydroxylation sites is 1. The van der Waals surface area contributed by atoms with E-state index in [0.717, 1.165) is 0 Å². The molecule has 1 heterocycles. The molecule has 0 amide bonds. The predicted octanol–water partition coefficient (Wildman–Crippen LogP) is 2.64. The fourth-order valence-electron chi connectivity index (χ4n) is 2.12. The van der Waals surface area contributed by atoms with Crippen molar-refractivity contribution in [2.24, 2.45) is 7.05 Å². The number of aromatic hydroxyl groups is 1. The number of rotatable bonds is 4. The van der Waals surface area contributed by atoms with Crippen LogP contribution < -0.4 is 4.72 Å². The van der Waals surface area contributed by atoms with Crippen molar-refractivity contribution in [2.75, 3.05) is 4.72 Å². The molecule has 3 aromatic rings. The minimum absolute atomic E-state index is 0.0377. The van der Waals surface area contributed by atoms with E-state index in [9.17, 15) is 13.5 Å². The van der Waals surface area contributed by atoms with E-state index >= 15 is 0 Å². The van der Waals surface area contributed by atoms with E-state index in [2.05, 4.69) is 14.8 Å². The number of sulfonamides is 1. The van der Waals surface area contributed by atoms with Gasteiger partial charge in [-0.3, -0.25) is 9.40 Å². The molecule has 0 spiro atoms. The van der Waals surface area contributed by atoms with Gasteiger partial charge in [-0.1, -0.05) is 29.8 Å². The summed E-state index contributed by atoms with van der Waals surface area (Å²) in [5, 5.41) is 14.0. The van der Waals surface area contributed by atoms with Gasteiger partial charge < -0.3 is 5.11 Å². The number of halogens is 1. The van der Waals surface area contributed by atoms with Crippen molar-refractivity contribution in [3.8, 4) is 17.1 Å². The van der Waals surface area contributed by atoms with Gasteiger partial charge in [0.05, 0.1) is 5.02 Å². The maximum atomic E-state index is 12.5. The van der Waals surface area contributed by atoms with Crippen molar-refractivity contribution >= 4 is 27.3 Å². The third-order valence-electron chi connectivity index (χ3n) is 3.21. The van der Waals surface area contributed by atoms with E-state index in [1.807, 2.05) is 0 Å². The van der Waals surface area contributed by atoms with Crippen molar-refractivity contribution in [2.45, 2.75) is 4.90 Å². The van der Waals surface area contributed by atoms with Crippen LogP contribution in [0.3, 0.4) is 0 Å². The number of anilines is 1. The van der Waals surface area contributed by atoms with Crippen LogP contribution in [0.1, 0.15) is 0 Å². The number of hydrogen-bond donors (Lipinski definition) is 2. The van der Waals surface area contributed by atoms with Crippen LogP contribution in [0.15, 0.2) is 53.7 Å². The SMILES string of the molecule is Cn1cnc(-c2cccc(NS(=O)(=O)c3cccc(Cl)c3O)c2)n1. The number of benzene rings is 2. The average molecular weight is 365 g/mol. The summed E-state index contributed by atoms with van der Waals surface area (Å²) in [5.74, 6) is -0.0154. The smallest absolute Gasteiger partial charge is 0.265 e. The summed E-state index contributed by atoms with van der Waals surface area (Å²) in [4.78, 5) is 3.83. The van der Waals surface area contributed by atoms with Gasteiger partial charge >= 0.3 is 0 Å². The minimum Gasteiger partial charge on any atom is -0.505 e. The molecule has 3 rings (SSSR count). The molecular weight excluding hydrogens is 352 g/mol. The summed E-state index contributed by atoms with van der Waals surface area (Å²) < 4.78 is 28.9. The van der Waals surface area contributed by atoms with E-state index < -0.39 is 15.8 Å². The number of phenolic OH excluding ortho intramolecular Hbond substituents is 1. The van der Waals surface area contributed by atoms with Crippen LogP contribution in [-0.4, -0.2) is 28.3 Å². The lowest BCUT2D eigenvalue weighted by Crippen LogP contribution is -2.13. The lowest BCUT2D eigenvalue weighted by molar-refractivity contribution is 0.459. The van der Waals surface area contributed by atoms with Crippen LogP contribution in [0, 0.1) is 0 Å². The molecule has 2 N–H and O–H groups in total. The highest BCUT2D eigenvalue weighted by Gasteiger charge is 2.20. The number of nitrogens with one attached hydrogen (secondary N) is 1. The van der Waals surface area contributed by atoms with E-state index in [1.54, 1.807) is 42.3 Å². The molecule has 0 aliphatic carbocycles. The molecule has 7 nitrogen and oxygen atoms in total. The molecule has 0 aliphatic heterocycles. The maximum Gasteiger partial charge on any atom is 0.265 e. The van der Waals surface area contributed by atoms with E-state index in [4.69, 9.17) is 11.6 Å². The normalized spacial score (nSPS) is 11.4. The van der Waals surface area contributed by atoms with E-state index in [1.165, 1.54) is 18.2 Å². The molecule has 0 saturated heterocycles. The molecule has 1 aromatic heterocycles. The fourth-order valence-corrected chi connectivity index (χ4v) is 3.52. The van der Waals surface area contributed by atoms with Gasteiger partial charge in [-0.05, 0) is 24.3 Å². The molecule has 24 heavy (non-hydrogen) atoms. The Morgan fingerprint density at radius 1 is 1.21 bits per heavy atom.